The Morgan fingerprint density at radius 2 is 1.49 bits per heavy atom. The number of aliphatic hydroxyl groups excluding tert-OH is 2. The number of aromatic nitrogens is 4. The first kappa shape index (κ1) is 67.8. The maximum atomic E-state index is 12.6. The van der Waals surface area contributed by atoms with Crippen molar-refractivity contribution in [1.82, 2.24) is 48.6 Å². The topological polar surface area (TPSA) is 530 Å². The van der Waals surface area contributed by atoms with Crippen molar-refractivity contribution in [3.8, 4) is 0 Å². The van der Waals surface area contributed by atoms with Crippen molar-refractivity contribution in [3.05, 3.63) is 23.1 Å². The van der Waals surface area contributed by atoms with Gasteiger partial charge in [-0.05, 0) is 18.4 Å². The van der Waals surface area contributed by atoms with E-state index in [0.717, 1.165) is 67.5 Å². The summed E-state index contributed by atoms with van der Waals surface area (Å²) in [5.41, 5.74) is 12.4. The number of nitrogen functional groups attached to an aromatic ring is 1. The quantitative estimate of drug-likeness (QED) is 0.0156. The molecule has 0 saturated carbocycles. The largest absolute Gasteiger partial charge is 0.756 e. The van der Waals surface area contributed by atoms with E-state index in [2.05, 4.69) is 53.5 Å². The molecule has 4 unspecified atom stereocenters. The summed E-state index contributed by atoms with van der Waals surface area (Å²) >= 11 is 1.13. The molecule has 2 amide bonds. The van der Waals surface area contributed by atoms with Gasteiger partial charge in [-0.15, -0.1) is 0 Å². The van der Waals surface area contributed by atoms with E-state index in [1.165, 1.54) is 58.8 Å². The first-order valence-electron chi connectivity index (χ1n) is 22.1. The molecule has 2 aromatic rings. The molecule has 0 aliphatic carbocycles. The Balaban J connectivity index is 0.0000163. The number of unbranched alkanes of at least 4 members (excludes halogenated alkanes) is 12. The lowest BCUT2D eigenvalue weighted by molar-refractivity contribution is -0.247. The number of imidazole rings is 1. The zero-order chi connectivity index (χ0) is 50.4. The molecule has 1 aliphatic rings. The number of azide groups is 1. The van der Waals surface area contributed by atoms with Crippen LogP contribution in [0.5, 0.6) is 0 Å². The fourth-order valence-corrected chi connectivity index (χ4v) is 10.3. The molecule has 1 saturated heterocycles. The number of phosphoric acid groups is 3. The Hall–Kier alpha value is -3.25. The number of aliphatic hydroxyl groups is 2. The van der Waals surface area contributed by atoms with Gasteiger partial charge in [-0.2, -0.15) is 0 Å². The number of nitrogens with one attached hydrogen (secondary N) is 2. The average molecular weight is 1100 g/mol. The van der Waals surface area contributed by atoms with Gasteiger partial charge in [0, 0.05) is 48.6 Å². The van der Waals surface area contributed by atoms with Gasteiger partial charge >= 0.3 is 0 Å². The zero-order valence-corrected chi connectivity index (χ0v) is 44.4. The first-order chi connectivity index (χ1) is 32.1. The minimum absolute atomic E-state index is 0. The Labute approximate surface area is 415 Å². The standard InChI is InChI=1S/C37H65N10O17P3S.3H3N/c1-37(2,32(51)35(52)41-19-17-27(48)40-20-21-68-28(49)16-14-12-10-8-6-4-3-5-7-9-11-13-15-18-45-46-39)23-61-67(58,59)64-66(56,57)60-22-26-31(63-65(53,54)55)30(50)36(62-26)47-25-44-29-33(38)42-24-43-34(29)47;;;/h24-26,30-32,36,50-51H,3-23H2,1-2H3,(H,40,48)(H,41,52)(H,56,57)(H,58,59)(H2,38,42,43)(H2,53,54,55);3*1H3/t26-,30?,31+,32+,36-;;;/m1.../s1. The van der Waals surface area contributed by atoms with Crippen LogP contribution in [0.2, 0.25) is 0 Å². The van der Waals surface area contributed by atoms with Gasteiger partial charge in [-0.25, -0.2) is 19.3 Å². The van der Waals surface area contributed by atoms with Crippen molar-refractivity contribution >= 4 is 69.1 Å². The molecule has 19 N–H and O–H groups in total. The number of quaternary nitrogens is 3. The third-order valence-electron chi connectivity index (χ3n) is 10.4. The van der Waals surface area contributed by atoms with Crippen molar-refractivity contribution in [2.24, 2.45) is 10.5 Å². The lowest BCUT2D eigenvalue weighted by Crippen LogP contribution is -2.46. The number of hydrogen-bond donors (Lipinski definition) is 9. The van der Waals surface area contributed by atoms with E-state index >= 15 is 0 Å². The van der Waals surface area contributed by atoms with Crippen LogP contribution in [-0.4, -0.2) is 115 Å². The number of ether oxygens (including phenoxy) is 1. The molecule has 410 valence electrons. The molecule has 1 fully saturated rings. The molecule has 0 aromatic carbocycles. The molecule has 3 heterocycles. The minimum atomic E-state index is -5.91. The molecule has 2 aromatic heterocycles. The fraction of sp³-hybridized carbons (Fsp3) is 0.784. The van der Waals surface area contributed by atoms with E-state index in [-0.39, 0.29) is 60.1 Å². The summed E-state index contributed by atoms with van der Waals surface area (Å²) in [6, 6.07) is 0. The third-order valence-corrected chi connectivity index (χ3v) is 14.4. The predicted molar refractivity (Wildman–Crippen MR) is 257 cm³/mol. The lowest BCUT2D eigenvalue weighted by atomic mass is 9.87. The van der Waals surface area contributed by atoms with Crippen LogP contribution in [0.1, 0.15) is 116 Å². The zero-order valence-electron chi connectivity index (χ0n) is 40.9. The van der Waals surface area contributed by atoms with Crippen LogP contribution in [0.4, 0.5) is 5.82 Å². The monoisotopic (exact) mass is 1100 g/mol. The highest BCUT2D eigenvalue weighted by atomic mass is 32.2. The van der Waals surface area contributed by atoms with Crippen LogP contribution < -0.4 is 49.5 Å². The lowest BCUT2D eigenvalue weighted by Gasteiger charge is -2.35. The SMILES string of the molecule is CC(C)(COP(=O)([O-])OP(=O)([O-])OC[C@H]1O[C@@H](n2cnc3c(N)ncnc32)C(O)[C@H]1OP(=O)([O-])O)[C@@H](O)C(=O)NCCC(=O)NCCSC(=O)CCCCCCCCCCCCCCCN=[N+]=[N-].[NH4+].[NH4+].[NH4+]. The van der Waals surface area contributed by atoms with Crippen LogP contribution in [0.3, 0.4) is 0 Å². The Bertz CT molecular complexity index is 2120. The molecule has 1 aliphatic heterocycles. The summed E-state index contributed by atoms with van der Waals surface area (Å²) in [6.07, 6.45) is 7.64. The highest BCUT2D eigenvalue weighted by Gasteiger charge is 2.48. The maximum absolute atomic E-state index is 12.6. The number of rotatable bonds is 35. The molecule has 34 heteroatoms. The summed E-state index contributed by atoms with van der Waals surface area (Å²) in [5.74, 6) is -1.15. The second kappa shape index (κ2) is 33.5. The molecule has 71 heavy (non-hydrogen) atoms. The van der Waals surface area contributed by atoms with Gasteiger partial charge in [0.05, 0.1) is 19.5 Å². The van der Waals surface area contributed by atoms with Gasteiger partial charge in [0.2, 0.25) is 11.8 Å². The molecule has 8 atom stereocenters. The number of carbonyl (C=O) groups is 3. The normalized spacial score (nSPS) is 19.6. The van der Waals surface area contributed by atoms with Crippen LogP contribution in [0.15, 0.2) is 17.8 Å². The molecular weight excluding hydrogens is 1020 g/mol. The van der Waals surface area contributed by atoms with Crippen molar-refractivity contribution in [2.45, 2.75) is 141 Å². The number of thioether (sulfide) groups is 1. The molecular formula is C37H74N13O17P3S. The van der Waals surface area contributed by atoms with E-state index in [1.54, 1.807) is 0 Å². The van der Waals surface area contributed by atoms with Crippen LogP contribution in [0, 0.1) is 5.41 Å². The van der Waals surface area contributed by atoms with E-state index < -0.39 is 84.6 Å². The van der Waals surface area contributed by atoms with E-state index in [0.29, 0.717) is 18.7 Å². The molecule has 30 nitrogen and oxygen atoms in total. The Morgan fingerprint density at radius 3 is 2.08 bits per heavy atom. The van der Waals surface area contributed by atoms with Gasteiger partial charge in [0.15, 0.2) is 22.8 Å². The minimum Gasteiger partial charge on any atom is -0.756 e. The van der Waals surface area contributed by atoms with Gasteiger partial charge in [0.25, 0.3) is 23.5 Å². The number of amides is 2. The van der Waals surface area contributed by atoms with Gasteiger partial charge in [0.1, 0.15) is 36.3 Å². The van der Waals surface area contributed by atoms with Crippen molar-refractivity contribution < 1.29 is 80.5 Å². The van der Waals surface area contributed by atoms with Gasteiger partial charge in [-0.3, -0.25) is 32.6 Å². The van der Waals surface area contributed by atoms with Gasteiger partial charge < -0.3 is 82.9 Å². The van der Waals surface area contributed by atoms with Gasteiger partial charge in [-0.1, -0.05) is 101 Å². The summed E-state index contributed by atoms with van der Waals surface area (Å²) in [5, 5.41) is 30.0. The molecule has 0 radical (unpaired) electrons. The summed E-state index contributed by atoms with van der Waals surface area (Å²) in [6.45, 7) is 0.761. The number of hydrogen-bond acceptors (Lipinski definition) is 22. The molecule has 0 bridgehead atoms. The van der Waals surface area contributed by atoms with E-state index in [9.17, 15) is 57.9 Å². The van der Waals surface area contributed by atoms with Crippen molar-refractivity contribution in [3.63, 3.8) is 0 Å². The number of carbonyl (C=O) groups excluding carboxylic acids is 3. The second-order valence-electron chi connectivity index (χ2n) is 16.5. The second-order valence-corrected chi connectivity index (χ2v) is 21.8. The van der Waals surface area contributed by atoms with Crippen molar-refractivity contribution in [1.29, 1.82) is 0 Å². The average Bonchev–Trinajstić information content (AvgIpc) is 3.83. The van der Waals surface area contributed by atoms with Crippen LogP contribution >= 0.6 is 35.2 Å². The number of fused-ring (bicyclic) bond motifs is 1. The maximum Gasteiger partial charge on any atom is 0.274 e. The highest BCUT2D eigenvalue weighted by molar-refractivity contribution is 8.13. The molecule has 3 rings (SSSR count). The summed E-state index contributed by atoms with van der Waals surface area (Å²) in [4.78, 5) is 97.6. The molecule has 0 spiro atoms. The highest BCUT2D eigenvalue weighted by Crippen LogP contribution is 2.56. The summed E-state index contributed by atoms with van der Waals surface area (Å²) < 4.78 is 61.1. The smallest absolute Gasteiger partial charge is 0.274 e. The van der Waals surface area contributed by atoms with Crippen LogP contribution in [0.25, 0.3) is 21.6 Å². The summed E-state index contributed by atoms with van der Waals surface area (Å²) in [7, 11) is -17.3. The fourth-order valence-electron chi connectivity index (χ4n) is 6.79. The first-order valence-corrected chi connectivity index (χ1v) is 27.5. The third kappa shape index (κ3) is 25.5. The van der Waals surface area contributed by atoms with Crippen molar-refractivity contribution in [2.75, 3.05) is 44.3 Å². The number of phosphoric ester groups is 3. The van der Waals surface area contributed by atoms with Crippen LogP contribution in [-0.2, 0) is 50.7 Å². The predicted octanol–water partition coefficient (Wildman–Crippen LogP) is 3.67. The Morgan fingerprint density at radius 1 is 0.915 bits per heavy atom. The number of nitrogens with zero attached hydrogens (tertiary/aromatic N) is 7. The Kier molecular flexibility index (Phi) is 32.0. The van der Waals surface area contributed by atoms with E-state index in [1.807, 2.05) is 0 Å². The number of nitrogens with two attached hydrogens (primary N) is 1. The van der Waals surface area contributed by atoms with E-state index in [4.69, 9.17) is 16.0 Å². The number of anilines is 1.